The molecule has 1 aromatic heterocycles. The lowest BCUT2D eigenvalue weighted by Gasteiger charge is -2.21. The van der Waals surface area contributed by atoms with Crippen LogP contribution in [0.1, 0.15) is 5.76 Å². The second kappa shape index (κ2) is 8.60. The lowest BCUT2D eigenvalue weighted by Crippen LogP contribution is -2.37. The third-order valence-electron chi connectivity index (χ3n) is 3.37. The van der Waals surface area contributed by atoms with Crippen molar-refractivity contribution in [3.63, 3.8) is 0 Å². The molecule has 0 N–H and O–H groups in total. The van der Waals surface area contributed by atoms with Crippen molar-refractivity contribution in [3.05, 3.63) is 53.4 Å². The predicted molar refractivity (Wildman–Crippen MR) is 89.6 cm³/mol. The molecule has 0 bridgehead atoms. The van der Waals surface area contributed by atoms with Crippen molar-refractivity contribution in [2.75, 3.05) is 33.8 Å². The molecule has 0 spiro atoms. The summed E-state index contributed by atoms with van der Waals surface area (Å²) in [5, 5.41) is 0.587. The van der Waals surface area contributed by atoms with E-state index in [2.05, 4.69) is 0 Å². The van der Waals surface area contributed by atoms with Crippen LogP contribution in [0.5, 0.6) is 5.75 Å². The zero-order valence-corrected chi connectivity index (χ0v) is 14.1. The Morgan fingerprint density at radius 2 is 2.00 bits per heavy atom. The van der Waals surface area contributed by atoms with Gasteiger partial charge in [-0.15, -0.1) is 0 Å². The van der Waals surface area contributed by atoms with E-state index in [1.165, 1.54) is 0 Å². The topological polar surface area (TPSA) is 45.9 Å². The Kier molecular flexibility index (Phi) is 6.50. The van der Waals surface area contributed by atoms with Crippen LogP contribution in [-0.2, 0) is 11.3 Å². The number of carbonyl (C=O) groups is 1. The molecule has 0 aliphatic heterocycles. The van der Waals surface area contributed by atoms with Crippen molar-refractivity contribution in [2.24, 2.45) is 0 Å². The first-order valence-corrected chi connectivity index (χ1v) is 7.76. The Balaban J connectivity index is 1.70. The van der Waals surface area contributed by atoms with Gasteiger partial charge in [-0.1, -0.05) is 23.7 Å². The van der Waals surface area contributed by atoms with Crippen LogP contribution in [-0.4, -0.2) is 49.5 Å². The van der Waals surface area contributed by atoms with Gasteiger partial charge in [-0.2, -0.15) is 0 Å². The van der Waals surface area contributed by atoms with Gasteiger partial charge in [-0.3, -0.25) is 9.69 Å². The van der Waals surface area contributed by atoms with Gasteiger partial charge in [0.05, 0.1) is 24.4 Å². The first-order chi connectivity index (χ1) is 11.1. The van der Waals surface area contributed by atoms with Gasteiger partial charge in [-0.05, 0) is 31.3 Å². The number of furan rings is 1. The molecule has 0 saturated heterocycles. The molecule has 1 aromatic carbocycles. The summed E-state index contributed by atoms with van der Waals surface area (Å²) in [6.07, 6.45) is 1.60. The van der Waals surface area contributed by atoms with Crippen molar-refractivity contribution >= 4 is 17.5 Å². The molecular weight excluding hydrogens is 316 g/mol. The minimum atomic E-state index is 0.0293. The third kappa shape index (κ3) is 5.62. The number of carbonyl (C=O) groups excluding carboxylic acids is 1. The zero-order chi connectivity index (χ0) is 16.7. The first-order valence-electron chi connectivity index (χ1n) is 7.38. The maximum absolute atomic E-state index is 12.1. The Morgan fingerprint density at radius 1 is 1.22 bits per heavy atom. The van der Waals surface area contributed by atoms with Crippen molar-refractivity contribution in [2.45, 2.75) is 6.54 Å². The van der Waals surface area contributed by atoms with Crippen LogP contribution in [0.15, 0.2) is 47.1 Å². The molecular formula is C17H21ClN2O3. The molecule has 0 atom stereocenters. The number of para-hydroxylation sites is 1. The van der Waals surface area contributed by atoms with Crippen molar-refractivity contribution in [1.29, 1.82) is 0 Å². The molecule has 1 amide bonds. The van der Waals surface area contributed by atoms with Crippen LogP contribution in [0.25, 0.3) is 0 Å². The summed E-state index contributed by atoms with van der Waals surface area (Å²) >= 11 is 6.02. The quantitative estimate of drug-likeness (QED) is 0.743. The van der Waals surface area contributed by atoms with E-state index in [9.17, 15) is 4.79 Å². The predicted octanol–water partition coefficient (Wildman–Crippen LogP) is 2.90. The van der Waals surface area contributed by atoms with Gasteiger partial charge in [-0.25, -0.2) is 0 Å². The van der Waals surface area contributed by atoms with Gasteiger partial charge in [0, 0.05) is 13.6 Å². The highest BCUT2D eigenvalue weighted by molar-refractivity contribution is 6.32. The number of likely N-dealkylation sites (N-methyl/N-ethyl adjacent to an activating group) is 2. The molecule has 0 fully saturated rings. The Bertz CT molecular complexity index is 616. The molecule has 124 valence electrons. The van der Waals surface area contributed by atoms with E-state index in [0.29, 0.717) is 37.0 Å². The second-order valence-corrected chi connectivity index (χ2v) is 5.75. The average molecular weight is 337 g/mol. The summed E-state index contributed by atoms with van der Waals surface area (Å²) in [4.78, 5) is 15.7. The molecule has 2 aromatic rings. The molecule has 6 heteroatoms. The first kappa shape index (κ1) is 17.4. The number of nitrogens with zero attached hydrogens (tertiary/aromatic N) is 2. The lowest BCUT2D eigenvalue weighted by molar-refractivity contribution is -0.131. The number of hydrogen-bond acceptors (Lipinski definition) is 4. The highest BCUT2D eigenvalue weighted by Crippen LogP contribution is 2.22. The molecule has 5 nitrogen and oxygen atoms in total. The van der Waals surface area contributed by atoms with E-state index < -0.39 is 0 Å². The van der Waals surface area contributed by atoms with Gasteiger partial charge < -0.3 is 14.1 Å². The fraction of sp³-hybridized carbons (Fsp3) is 0.353. The van der Waals surface area contributed by atoms with Crippen molar-refractivity contribution in [1.82, 2.24) is 9.80 Å². The summed E-state index contributed by atoms with van der Waals surface area (Å²) < 4.78 is 10.9. The number of ether oxygens (including phenoxy) is 1. The van der Waals surface area contributed by atoms with E-state index in [0.717, 1.165) is 5.76 Å². The standard InChI is InChI=1S/C17H21ClN2O3/c1-19(9-11-23-16-8-4-3-7-15(16)18)13-17(21)20(2)12-14-6-5-10-22-14/h3-8,10H,9,11-13H2,1-2H3. The van der Waals surface area contributed by atoms with Crippen LogP contribution >= 0.6 is 11.6 Å². The fourth-order valence-electron chi connectivity index (χ4n) is 2.03. The molecule has 0 aliphatic carbocycles. The number of halogens is 1. The molecule has 0 aliphatic rings. The smallest absolute Gasteiger partial charge is 0.236 e. The Labute approximate surface area is 141 Å². The van der Waals surface area contributed by atoms with Gasteiger partial charge >= 0.3 is 0 Å². The molecule has 0 radical (unpaired) electrons. The third-order valence-corrected chi connectivity index (χ3v) is 3.68. The number of rotatable bonds is 8. The summed E-state index contributed by atoms with van der Waals surface area (Å²) in [6, 6.07) is 11.0. The van der Waals surface area contributed by atoms with Gasteiger partial charge in [0.1, 0.15) is 18.1 Å². The summed E-state index contributed by atoms with van der Waals surface area (Å²) in [6.45, 7) is 1.89. The van der Waals surface area contributed by atoms with E-state index in [1.54, 1.807) is 24.3 Å². The maximum atomic E-state index is 12.1. The fourth-order valence-corrected chi connectivity index (χ4v) is 2.22. The van der Waals surface area contributed by atoms with Crippen molar-refractivity contribution < 1.29 is 13.9 Å². The van der Waals surface area contributed by atoms with Gasteiger partial charge in [0.2, 0.25) is 5.91 Å². The zero-order valence-electron chi connectivity index (χ0n) is 13.4. The average Bonchev–Trinajstić information content (AvgIpc) is 3.02. The molecule has 2 rings (SSSR count). The van der Waals surface area contributed by atoms with E-state index in [-0.39, 0.29) is 5.91 Å². The minimum absolute atomic E-state index is 0.0293. The summed E-state index contributed by atoms with van der Waals surface area (Å²) in [5.41, 5.74) is 0. The molecule has 1 heterocycles. The van der Waals surface area contributed by atoms with Gasteiger partial charge in [0.15, 0.2) is 0 Å². The normalized spacial score (nSPS) is 10.8. The van der Waals surface area contributed by atoms with E-state index in [4.69, 9.17) is 20.8 Å². The monoisotopic (exact) mass is 336 g/mol. The molecule has 23 heavy (non-hydrogen) atoms. The maximum Gasteiger partial charge on any atom is 0.236 e. The number of benzene rings is 1. The van der Waals surface area contributed by atoms with Crippen LogP contribution in [0.3, 0.4) is 0 Å². The van der Waals surface area contributed by atoms with Crippen LogP contribution < -0.4 is 4.74 Å². The van der Waals surface area contributed by atoms with Crippen LogP contribution in [0, 0.1) is 0 Å². The highest BCUT2D eigenvalue weighted by Gasteiger charge is 2.13. The second-order valence-electron chi connectivity index (χ2n) is 5.35. The summed E-state index contributed by atoms with van der Waals surface area (Å²) in [5.74, 6) is 1.45. The molecule has 0 saturated carbocycles. The summed E-state index contributed by atoms with van der Waals surface area (Å²) in [7, 11) is 3.65. The van der Waals surface area contributed by atoms with E-state index >= 15 is 0 Å². The lowest BCUT2D eigenvalue weighted by atomic mass is 10.3. The van der Waals surface area contributed by atoms with Crippen LogP contribution in [0.2, 0.25) is 5.02 Å². The van der Waals surface area contributed by atoms with Gasteiger partial charge in [0.25, 0.3) is 0 Å². The van der Waals surface area contributed by atoms with E-state index in [1.807, 2.05) is 42.3 Å². The number of hydrogen-bond donors (Lipinski definition) is 0. The Morgan fingerprint density at radius 3 is 2.70 bits per heavy atom. The largest absolute Gasteiger partial charge is 0.491 e. The number of amides is 1. The van der Waals surface area contributed by atoms with Crippen LogP contribution in [0.4, 0.5) is 0 Å². The highest BCUT2D eigenvalue weighted by atomic mass is 35.5. The Hall–Kier alpha value is -1.98. The van der Waals surface area contributed by atoms with Crippen molar-refractivity contribution in [3.8, 4) is 5.75 Å². The minimum Gasteiger partial charge on any atom is -0.491 e. The SMILES string of the molecule is CN(CCOc1ccccc1Cl)CC(=O)N(C)Cc1ccco1. The molecule has 0 unspecified atom stereocenters.